The average Bonchev–Trinajstić information content (AvgIpc) is 3.31. The first kappa shape index (κ1) is 21.1. The second kappa shape index (κ2) is 9.03. The van der Waals surface area contributed by atoms with Crippen LogP contribution in [0.2, 0.25) is 0 Å². The van der Waals surface area contributed by atoms with Gasteiger partial charge in [0.1, 0.15) is 6.54 Å². The monoisotopic (exact) mass is 451 g/mol. The molecule has 0 saturated carbocycles. The highest BCUT2D eigenvalue weighted by molar-refractivity contribution is 5.81. The molecule has 0 unspecified atom stereocenters. The predicted octanol–water partition coefficient (Wildman–Crippen LogP) is 2.86. The smallest absolute Gasteiger partial charge is 0.273 e. The van der Waals surface area contributed by atoms with E-state index >= 15 is 0 Å². The molecular formula is C26H21N5O3. The van der Waals surface area contributed by atoms with Gasteiger partial charge in [0.05, 0.1) is 22.2 Å². The molecule has 0 bridgehead atoms. The number of fused-ring (bicyclic) bond motifs is 1. The number of para-hydroxylation sites is 1. The van der Waals surface area contributed by atoms with Crippen molar-refractivity contribution >= 4 is 16.7 Å². The number of aromatic amines is 1. The number of nitrogens with one attached hydrogen (secondary N) is 2. The maximum absolute atomic E-state index is 12.7. The normalized spacial score (nSPS) is 10.9. The van der Waals surface area contributed by atoms with Gasteiger partial charge in [-0.25, -0.2) is 9.36 Å². The number of benzene rings is 3. The van der Waals surface area contributed by atoms with Crippen molar-refractivity contribution in [1.82, 2.24) is 24.9 Å². The third-order valence-corrected chi connectivity index (χ3v) is 5.52. The molecule has 2 N–H and O–H groups in total. The third kappa shape index (κ3) is 4.16. The summed E-state index contributed by atoms with van der Waals surface area (Å²) < 4.78 is 2.81. The minimum absolute atomic E-state index is 0.211. The Morgan fingerprint density at radius 3 is 2.24 bits per heavy atom. The van der Waals surface area contributed by atoms with E-state index in [1.54, 1.807) is 28.9 Å². The topological polar surface area (TPSA) is 102 Å². The van der Waals surface area contributed by atoms with Crippen molar-refractivity contribution < 1.29 is 4.79 Å². The summed E-state index contributed by atoms with van der Waals surface area (Å²) in [5.74, 6) is -0.403. The number of aromatic nitrogens is 4. The van der Waals surface area contributed by atoms with Crippen molar-refractivity contribution in [2.45, 2.75) is 13.1 Å². The van der Waals surface area contributed by atoms with E-state index in [4.69, 9.17) is 5.10 Å². The van der Waals surface area contributed by atoms with Crippen molar-refractivity contribution in [2.75, 3.05) is 0 Å². The van der Waals surface area contributed by atoms with Gasteiger partial charge in [0.25, 0.3) is 11.1 Å². The van der Waals surface area contributed by atoms with Crippen LogP contribution in [0.25, 0.3) is 27.7 Å². The molecule has 0 saturated heterocycles. The molecule has 2 heterocycles. The van der Waals surface area contributed by atoms with Gasteiger partial charge in [-0.15, -0.1) is 0 Å². The highest BCUT2D eigenvalue weighted by Crippen LogP contribution is 2.23. The lowest BCUT2D eigenvalue weighted by atomic mass is 10.1. The Hall–Kier alpha value is -4.72. The van der Waals surface area contributed by atoms with Crippen LogP contribution in [0, 0.1) is 0 Å². The Kier molecular flexibility index (Phi) is 5.61. The van der Waals surface area contributed by atoms with Crippen LogP contribution in [0.3, 0.4) is 0 Å². The largest absolute Gasteiger partial charge is 0.350 e. The first-order valence-corrected chi connectivity index (χ1v) is 10.8. The summed E-state index contributed by atoms with van der Waals surface area (Å²) in [5, 5.41) is 10.6. The molecule has 168 valence electrons. The molecule has 0 fully saturated rings. The average molecular weight is 451 g/mol. The van der Waals surface area contributed by atoms with E-state index in [-0.39, 0.29) is 18.5 Å². The van der Waals surface area contributed by atoms with E-state index < -0.39 is 17.0 Å². The van der Waals surface area contributed by atoms with Crippen LogP contribution < -0.4 is 16.4 Å². The van der Waals surface area contributed by atoms with E-state index in [1.807, 2.05) is 66.9 Å². The molecule has 34 heavy (non-hydrogen) atoms. The van der Waals surface area contributed by atoms with Gasteiger partial charge in [0.2, 0.25) is 5.91 Å². The van der Waals surface area contributed by atoms with E-state index in [0.717, 1.165) is 27.2 Å². The second-order valence-electron chi connectivity index (χ2n) is 7.80. The van der Waals surface area contributed by atoms with Gasteiger partial charge in [-0.05, 0) is 24.3 Å². The Balaban J connectivity index is 1.40. The minimum Gasteiger partial charge on any atom is -0.350 e. The molecule has 5 rings (SSSR count). The van der Waals surface area contributed by atoms with Crippen molar-refractivity contribution in [2.24, 2.45) is 0 Å². The van der Waals surface area contributed by atoms with E-state index in [2.05, 4.69) is 10.4 Å². The number of hydrogen-bond acceptors (Lipinski definition) is 4. The van der Waals surface area contributed by atoms with Gasteiger partial charge in [-0.2, -0.15) is 5.10 Å². The second-order valence-corrected chi connectivity index (χ2v) is 7.80. The van der Waals surface area contributed by atoms with E-state index in [0.29, 0.717) is 5.39 Å². The van der Waals surface area contributed by atoms with Crippen LogP contribution in [0.15, 0.2) is 101 Å². The van der Waals surface area contributed by atoms with Crippen molar-refractivity contribution in [3.8, 4) is 16.9 Å². The lowest BCUT2D eigenvalue weighted by Crippen LogP contribution is -2.36. The molecule has 0 aliphatic rings. The molecule has 3 aromatic carbocycles. The summed E-state index contributed by atoms with van der Waals surface area (Å²) in [6.07, 6.45) is 1.88. The van der Waals surface area contributed by atoms with Gasteiger partial charge in [0.15, 0.2) is 0 Å². The molecule has 8 heteroatoms. The summed E-state index contributed by atoms with van der Waals surface area (Å²) in [6, 6.07) is 25.9. The van der Waals surface area contributed by atoms with Crippen LogP contribution in [-0.2, 0) is 17.9 Å². The maximum Gasteiger partial charge on any atom is 0.273 e. The summed E-state index contributed by atoms with van der Waals surface area (Å²) in [4.78, 5) is 37.7. The van der Waals surface area contributed by atoms with Crippen molar-refractivity contribution in [3.63, 3.8) is 0 Å². The molecule has 0 spiro atoms. The first-order chi connectivity index (χ1) is 16.6. The third-order valence-electron chi connectivity index (χ3n) is 5.52. The van der Waals surface area contributed by atoms with E-state index in [9.17, 15) is 14.4 Å². The number of amides is 1. The molecular weight excluding hydrogens is 430 g/mol. The standard InChI is InChI=1S/C26H21N5O3/c32-23(17-31-26(34)22-14-8-7-13-21(22)25(33)29-31)27-15-19-16-30(20-11-5-2-6-12-20)28-24(19)18-9-3-1-4-10-18/h1-14,16H,15,17H2,(H,27,32)(H,29,33). The quantitative estimate of drug-likeness (QED) is 0.414. The molecule has 5 aromatic rings. The summed E-state index contributed by atoms with van der Waals surface area (Å²) in [6.45, 7) is -0.0884. The fourth-order valence-electron chi connectivity index (χ4n) is 3.84. The maximum atomic E-state index is 12.7. The first-order valence-electron chi connectivity index (χ1n) is 10.8. The van der Waals surface area contributed by atoms with Crippen LogP contribution in [0.1, 0.15) is 5.56 Å². The van der Waals surface area contributed by atoms with Gasteiger partial charge < -0.3 is 5.32 Å². The minimum atomic E-state index is -0.424. The zero-order valence-electron chi connectivity index (χ0n) is 18.1. The fourth-order valence-corrected chi connectivity index (χ4v) is 3.84. The fraction of sp³-hybridized carbons (Fsp3) is 0.0769. The highest BCUT2D eigenvalue weighted by Gasteiger charge is 2.14. The lowest BCUT2D eigenvalue weighted by Gasteiger charge is -2.08. The summed E-state index contributed by atoms with van der Waals surface area (Å²) in [5.41, 5.74) is 2.56. The molecule has 0 radical (unpaired) electrons. The van der Waals surface area contributed by atoms with Crippen molar-refractivity contribution in [3.05, 3.63) is 117 Å². The Morgan fingerprint density at radius 2 is 1.50 bits per heavy atom. The molecule has 0 atom stereocenters. The van der Waals surface area contributed by atoms with Gasteiger partial charge >= 0.3 is 0 Å². The van der Waals surface area contributed by atoms with E-state index in [1.165, 1.54) is 0 Å². The van der Waals surface area contributed by atoms with Crippen LogP contribution >= 0.6 is 0 Å². The van der Waals surface area contributed by atoms with Crippen LogP contribution in [0.4, 0.5) is 0 Å². The number of hydrogen-bond donors (Lipinski definition) is 2. The summed E-state index contributed by atoms with van der Waals surface area (Å²) in [7, 11) is 0. The number of H-pyrrole nitrogens is 1. The molecule has 2 aromatic heterocycles. The number of rotatable bonds is 6. The van der Waals surface area contributed by atoms with Gasteiger partial charge in [0, 0.05) is 23.9 Å². The number of nitrogens with zero attached hydrogens (tertiary/aromatic N) is 3. The Bertz CT molecular complexity index is 1580. The molecule has 8 nitrogen and oxygen atoms in total. The number of carbonyl (C=O) groups is 1. The van der Waals surface area contributed by atoms with Crippen LogP contribution in [-0.4, -0.2) is 25.5 Å². The zero-order chi connectivity index (χ0) is 23.5. The highest BCUT2D eigenvalue weighted by atomic mass is 16.2. The molecule has 0 aliphatic heterocycles. The van der Waals surface area contributed by atoms with Crippen molar-refractivity contribution in [1.29, 1.82) is 0 Å². The Labute approximate surface area is 194 Å². The lowest BCUT2D eigenvalue weighted by molar-refractivity contribution is -0.122. The SMILES string of the molecule is O=C(Cn1[nH]c(=O)c2ccccc2c1=O)NCc1cn(-c2ccccc2)nc1-c1ccccc1. The zero-order valence-corrected chi connectivity index (χ0v) is 18.1. The molecule has 1 amide bonds. The summed E-state index contributed by atoms with van der Waals surface area (Å²) >= 11 is 0. The molecule has 0 aliphatic carbocycles. The number of carbonyl (C=O) groups excluding carboxylic acids is 1. The predicted molar refractivity (Wildman–Crippen MR) is 130 cm³/mol. The van der Waals surface area contributed by atoms with Crippen LogP contribution in [0.5, 0.6) is 0 Å². The Morgan fingerprint density at radius 1 is 0.853 bits per heavy atom. The van der Waals surface area contributed by atoms with Gasteiger partial charge in [-0.1, -0.05) is 60.7 Å². The van der Waals surface area contributed by atoms with Gasteiger partial charge in [-0.3, -0.25) is 19.5 Å².